The Labute approximate surface area is 121 Å². The van der Waals surface area contributed by atoms with Gasteiger partial charge in [0.05, 0.1) is 0 Å². The molecule has 0 radical (unpaired) electrons. The summed E-state index contributed by atoms with van der Waals surface area (Å²) in [6.45, 7) is 2.44. The maximum absolute atomic E-state index is 12.5. The molecule has 1 aromatic rings. The van der Waals surface area contributed by atoms with Crippen LogP contribution in [0.4, 0.5) is 0 Å². The zero-order valence-corrected chi connectivity index (χ0v) is 13.4. The van der Waals surface area contributed by atoms with Gasteiger partial charge in [-0.15, -0.1) is 5.10 Å². The molecule has 1 aromatic heterocycles. The van der Waals surface area contributed by atoms with Crippen molar-refractivity contribution >= 4 is 26.0 Å². The summed E-state index contributed by atoms with van der Waals surface area (Å²) >= 11 is 3.14. The third-order valence-electron chi connectivity index (χ3n) is 3.37. The summed E-state index contributed by atoms with van der Waals surface area (Å²) in [6.07, 6.45) is 2.01. The van der Waals surface area contributed by atoms with Crippen LogP contribution in [0.1, 0.15) is 12.8 Å². The van der Waals surface area contributed by atoms with Crippen LogP contribution in [0.15, 0.2) is 9.63 Å². The highest BCUT2D eigenvalue weighted by Gasteiger charge is 2.30. The van der Waals surface area contributed by atoms with Crippen molar-refractivity contribution in [1.29, 1.82) is 0 Å². The van der Waals surface area contributed by atoms with Gasteiger partial charge < -0.3 is 5.32 Å². The molecule has 0 spiro atoms. The molecule has 1 saturated heterocycles. The minimum atomic E-state index is -3.55. The Kier molecular flexibility index (Phi) is 4.59. The molecule has 19 heavy (non-hydrogen) atoms. The molecule has 1 aliphatic heterocycles. The van der Waals surface area contributed by atoms with Crippen molar-refractivity contribution in [3.8, 4) is 0 Å². The predicted molar refractivity (Wildman–Crippen MR) is 74.1 cm³/mol. The van der Waals surface area contributed by atoms with Gasteiger partial charge in [0, 0.05) is 20.6 Å². The molecule has 1 N–H and O–H groups in total. The van der Waals surface area contributed by atoms with Crippen molar-refractivity contribution in [3.05, 3.63) is 4.60 Å². The minimum absolute atomic E-state index is 0.101. The normalized spacial score (nSPS) is 18.1. The van der Waals surface area contributed by atoms with Crippen molar-refractivity contribution in [2.75, 3.05) is 26.7 Å². The molecule has 2 heterocycles. The Balaban J connectivity index is 2.15. The number of sulfonamides is 1. The van der Waals surface area contributed by atoms with E-state index in [1.165, 1.54) is 8.99 Å². The second-order valence-corrected chi connectivity index (χ2v) is 7.50. The minimum Gasteiger partial charge on any atom is -0.317 e. The van der Waals surface area contributed by atoms with E-state index >= 15 is 0 Å². The van der Waals surface area contributed by atoms with E-state index in [0.717, 1.165) is 25.9 Å². The van der Waals surface area contributed by atoms with Gasteiger partial charge in [-0.2, -0.15) is 4.31 Å². The zero-order valence-electron chi connectivity index (χ0n) is 11.0. The monoisotopic (exact) mass is 351 g/mol. The fraction of sp³-hybridized carbons (Fsp3) is 0.800. The van der Waals surface area contributed by atoms with Crippen LogP contribution in [0.3, 0.4) is 0 Å². The molecule has 9 heteroatoms. The van der Waals surface area contributed by atoms with Gasteiger partial charge in [0.25, 0.3) is 10.0 Å². The number of rotatable bonds is 4. The Morgan fingerprint density at radius 3 is 2.63 bits per heavy atom. The summed E-state index contributed by atoms with van der Waals surface area (Å²) in [5.74, 6) is 0.404. The standard InChI is InChI=1S/C10H18BrN5O2S/c1-15(7-8-3-5-12-6-4-8)19(17,18)10-9(11)13-14-16(10)2/h8,12H,3-7H2,1-2H3. The van der Waals surface area contributed by atoms with Crippen LogP contribution >= 0.6 is 15.9 Å². The van der Waals surface area contributed by atoms with E-state index in [1.54, 1.807) is 14.1 Å². The molecule has 0 unspecified atom stereocenters. The first-order valence-electron chi connectivity index (χ1n) is 6.15. The van der Waals surface area contributed by atoms with Crippen LogP contribution in [0.5, 0.6) is 0 Å². The van der Waals surface area contributed by atoms with Crippen LogP contribution in [0.25, 0.3) is 0 Å². The van der Waals surface area contributed by atoms with Crippen molar-refractivity contribution < 1.29 is 8.42 Å². The fourth-order valence-electron chi connectivity index (χ4n) is 2.27. The summed E-state index contributed by atoms with van der Waals surface area (Å²) in [5.41, 5.74) is 0. The first kappa shape index (κ1) is 14.9. The number of nitrogens with zero attached hydrogens (tertiary/aromatic N) is 4. The molecule has 108 valence electrons. The highest BCUT2D eigenvalue weighted by atomic mass is 79.9. The lowest BCUT2D eigenvalue weighted by Gasteiger charge is -2.27. The quantitative estimate of drug-likeness (QED) is 0.837. The molecular formula is C10H18BrN5O2S. The molecule has 0 atom stereocenters. The van der Waals surface area contributed by atoms with Crippen LogP contribution in [0, 0.1) is 5.92 Å². The molecule has 2 rings (SSSR count). The van der Waals surface area contributed by atoms with Crippen molar-refractivity contribution in [1.82, 2.24) is 24.6 Å². The smallest absolute Gasteiger partial charge is 0.262 e. The second kappa shape index (κ2) is 5.86. The summed E-state index contributed by atoms with van der Waals surface area (Å²) in [4.78, 5) is 0. The van der Waals surface area contributed by atoms with Crippen LogP contribution in [-0.4, -0.2) is 54.4 Å². The molecule has 7 nitrogen and oxygen atoms in total. The number of nitrogens with one attached hydrogen (secondary N) is 1. The third-order valence-corrected chi connectivity index (χ3v) is 6.08. The summed E-state index contributed by atoms with van der Waals surface area (Å²) in [6, 6.07) is 0. The summed E-state index contributed by atoms with van der Waals surface area (Å²) in [5, 5.41) is 10.8. The molecule has 0 aliphatic carbocycles. The fourth-order valence-corrected chi connectivity index (χ4v) is 4.54. The Bertz CT molecular complexity index is 519. The largest absolute Gasteiger partial charge is 0.317 e. The Morgan fingerprint density at radius 1 is 1.47 bits per heavy atom. The van der Waals surface area contributed by atoms with E-state index in [-0.39, 0.29) is 9.63 Å². The maximum atomic E-state index is 12.5. The number of hydrogen-bond acceptors (Lipinski definition) is 5. The topological polar surface area (TPSA) is 80.1 Å². The average Bonchev–Trinajstić information content (AvgIpc) is 2.70. The lowest BCUT2D eigenvalue weighted by Crippen LogP contribution is -2.37. The highest BCUT2D eigenvalue weighted by Crippen LogP contribution is 2.23. The predicted octanol–water partition coefficient (Wildman–Crippen LogP) is 0.198. The van der Waals surface area contributed by atoms with E-state index in [2.05, 4.69) is 31.6 Å². The first-order valence-corrected chi connectivity index (χ1v) is 8.38. The van der Waals surface area contributed by atoms with Crippen LogP contribution in [0.2, 0.25) is 0 Å². The van der Waals surface area contributed by atoms with Gasteiger partial charge in [0.15, 0.2) is 4.60 Å². The molecular weight excluding hydrogens is 334 g/mol. The van der Waals surface area contributed by atoms with Crippen LogP contribution in [-0.2, 0) is 17.1 Å². The molecule has 1 aliphatic rings. The maximum Gasteiger partial charge on any atom is 0.262 e. The molecule has 1 fully saturated rings. The lowest BCUT2D eigenvalue weighted by molar-refractivity contribution is 0.310. The van der Waals surface area contributed by atoms with Gasteiger partial charge in [0.2, 0.25) is 5.03 Å². The second-order valence-electron chi connectivity index (χ2n) is 4.79. The van der Waals surface area contributed by atoms with E-state index in [1.807, 2.05) is 0 Å². The molecule has 0 bridgehead atoms. The number of halogens is 1. The highest BCUT2D eigenvalue weighted by molar-refractivity contribution is 9.10. The first-order chi connectivity index (χ1) is 8.93. The number of piperidine rings is 1. The van der Waals surface area contributed by atoms with Crippen molar-refractivity contribution in [3.63, 3.8) is 0 Å². The Hall–Kier alpha value is -0.510. The summed E-state index contributed by atoms with van der Waals surface area (Å²) < 4.78 is 27.9. The van der Waals surface area contributed by atoms with E-state index in [9.17, 15) is 8.42 Å². The van der Waals surface area contributed by atoms with Gasteiger partial charge in [-0.05, 0) is 47.8 Å². The Morgan fingerprint density at radius 2 is 2.11 bits per heavy atom. The number of aromatic nitrogens is 3. The van der Waals surface area contributed by atoms with Gasteiger partial charge in [-0.1, -0.05) is 5.21 Å². The third kappa shape index (κ3) is 3.15. The lowest BCUT2D eigenvalue weighted by atomic mass is 9.98. The molecule has 0 saturated carbocycles. The molecule has 0 amide bonds. The van der Waals surface area contributed by atoms with Crippen LogP contribution < -0.4 is 5.32 Å². The zero-order chi connectivity index (χ0) is 14.0. The SMILES string of the molecule is CN(CC1CCNCC1)S(=O)(=O)c1c(Br)nnn1C. The van der Waals surface area contributed by atoms with E-state index in [4.69, 9.17) is 0 Å². The molecule has 0 aromatic carbocycles. The van der Waals surface area contributed by atoms with Gasteiger partial charge >= 0.3 is 0 Å². The van der Waals surface area contributed by atoms with Gasteiger partial charge in [0.1, 0.15) is 0 Å². The summed E-state index contributed by atoms with van der Waals surface area (Å²) in [7, 11) is -0.372. The van der Waals surface area contributed by atoms with E-state index < -0.39 is 10.0 Å². The van der Waals surface area contributed by atoms with Gasteiger partial charge in [-0.3, -0.25) is 0 Å². The van der Waals surface area contributed by atoms with Gasteiger partial charge in [-0.25, -0.2) is 13.1 Å². The number of hydrogen-bond donors (Lipinski definition) is 1. The van der Waals surface area contributed by atoms with Crippen molar-refractivity contribution in [2.24, 2.45) is 13.0 Å². The van der Waals surface area contributed by atoms with E-state index in [0.29, 0.717) is 12.5 Å². The van der Waals surface area contributed by atoms with Crippen molar-refractivity contribution in [2.45, 2.75) is 17.9 Å². The number of aryl methyl sites for hydroxylation is 1. The average molecular weight is 352 g/mol.